The summed E-state index contributed by atoms with van der Waals surface area (Å²) in [6.45, 7) is 0. The van der Waals surface area contributed by atoms with E-state index in [0.717, 1.165) is 14.6 Å². The molecule has 0 saturated carbocycles. The lowest BCUT2D eigenvalue weighted by atomic mass is 10.2. The number of benzene rings is 2. The number of thioether (sulfide) groups is 1. The Morgan fingerprint density at radius 3 is 2.68 bits per heavy atom. The second-order valence-corrected chi connectivity index (χ2v) is 8.03. The quantitative estimate of drug-likeness (QED) is 0.421. The van der Waals surface area contributed by atoms with E-state index in [4.69, 9.17) is 0 Å². The molecule has 3 rings (SSSR count). The van der Waals surface area contributed by atoms with Crippen LogP contribution in [0, 0.1) is 0 Å². The van der Waals surface area contributed by atoms with Crippen LogP contribution in [0.4, 0.5) is 5.13 Å². The number of carbonyl (C=O) groups excluding carboxylic acids is 1. The van der Waals surface area contributed by atoms with Crippen LogP contribution in [0.2, 0.25) is 0 Å². The molecular weight excluding hydrogens is 418 g/mol. The number of halogens is 1. The van der Waals surface area contributed by atoms with E-state index >= 15 is 0 Å². The Labute approximate surface area is 162 Å². The maximum atomic E-state index is 12.2. The molecule has 0 atom stereocenters. The molecule has 0 aliphatic rings. The van der Waals surface area contributed by atoms with Crippen LogP contribution in [0.25, 0.3) is 6.08 Å². The fourth-order valence-corrected chi connectivity index (χ4v) is 4.04. The Bertz CT molecular complexity index is 881. The van der Waals surface area contributed by atoms with E-state index in [1.54, 1.807) is 17.8 Å². The van der Waals surface area contributed by atoms with Gasteiger partial charge in [0.25, 0.3) is 5.91 Å². The van der Waals surface area contributed by atoms with Crippen molar-refractivity contribution in [1.29, 1.82) is 0 Å². The number of aromatic nitrogens is 2. The van der Waals surface area contributed by atoms with Crippen molar-refractivity contribution in [1.82, 2.24) is 10.2 Å². The molecule has 1 N–H and O–H groups in total. The van der Waals surface area contributed by atoms with Crippen molar-refractivity contribution < 1.29 is 4.79 Å². The van der Waals surface area contributed by atoms with Crippen LogP contribution in [0.5, 0.6) is 0 Å². The highest BCUT2D eigenvalue weighted by Crippen LogP contribution is 2.26. The minimum Gasteiger partial charge on any atom is -0.296 e. The van der Waals surface area contributed by atoms with Gasteiger partial charge in [-0.2, -0.15) is 0 Å². The minimum atomic E-state index is -0.204. The SMILES string of the molecule is O=C(Nc1nnc(SC/C=C/c2ccccc2)s1)c1ccccc1Br. The second kappa shape index (κ2) is 8.94. The van der Waals surface area contributed by atoms with Gasteiger partial charge in [-0.15, -0.1) is 10.2 Å². The number of nitrogens with one attached hydrogen (secondary N) is 1. The molecule has 0 radical (unpaired) electrons. The van der Waals surface area contributed by atoms with Gasteiger partial charge in [0, 0.05) is 10.2 Å². The molecule has 1 heterocycles. The molecule has 1 aromatic heterocycles. The topological polar surface area (TPSA) is 54.9 Å². The molecule has 4 nitrogen and oxygen atoms in total. The van der Waals surface area contributed by atoms with Gasteiger partial charge >= 0.3 is 0 Å². The Morgan fingerprint density at radius 2 is 1.88 bits per heavy atom. The third-order valence-corrected chi connectivity index (χ3v) is 5.77. The fourth-order valence-electron chi connectivity index (χ4n) is 2.00. The van der Waals surface area contributed by atoms with E-state index in [-0.39, 0.29) is 5.91 Å². The summed E-state index contributed by atoms with van der Waals surface area (Å²) in [7, 11) is 0. The summed E-state index contributed by atoms with van der Waals surface area (Å²) in [6, 6.07) is 17.4. The first-order chi connectivity index (χ1) is 12.2. The lowest BCUT2D eigenvalue weighted by molar-refractivity contribution is 0.102. The van der Waals surface area contributed by atoms with Gasteiger partial charge in [0.15, 0.2) is 4.34 Å². The van der Waals surface area contributed by atoms with Gasteiger partial charge in [-0.1, -0.05) is 77.7 Å². The van der Waals surface area contributed by atoms with Gasteiger partial charge in [0.2, 0.25) is 5.13 Å². The largest absolute Gasteiger partial charge is 0.296 e. The van der Waals surface area contributed by atoms with E-state index in [2.05, 4.69) is 55.7 Å². The molecule has 126 valence electrons. The van der Waals surface area contributed by atoms with Gasteiger partial charge in [0.1, 0.15) is 0 Å². The van der Waals surface area contributed by atoms with Crippen LogP contribution >= 0.6 is 39.0 Å². The average Bonchev–Trinajstić information content (AvgIpc) is 3.07. The molecule has 0 fully saturated rings. The standard InChI is InChI=1S/C18H14BrN3OS2/c19-15-11-5-4-10-14(15)16(23)20-17-21-22-18(25-17)24-12-6-9-13-7-2-1-3-8-13/h1-11H,12H2,(H,20,21,23)/b9-6+. The van der Waals surface area contributed by atoms with Crippen molar-refractivity contribution in [3.63, 3.8) is 0 Å². The van der Waals surface area contributed by atoms with E-state index in [1.807, 2.05) is 36.4 Å². The predicted molar refractivity (Wildman–Crippen MR) is 108 cm³/mol. The van der Waals surface area contributed by atoms with Crippen molar-refractivity contribution in [2.75, 3.05) is 11.1 Å². The fraction of sp³-hybridized carbons (Fsp3) is 0.0556. The Hall–Kier alpha value is -1.96. The van der Waals surface area contributed by atoms with Crippen molar-refractivity contribution in [2.24, 2.45) is 0 Å². The third-order valence-electron chi connectivity index (χ3n) is 3.16. The zero-order valence-electron chi connectivity index (χ0n) is 13.1. The smallest absolute Gasteiger partial charge is 0.258 e. The van der Waals surface area contributed by atoms with Crippen LogP contribution in [0.1, 0.15) is 15.9 Å². The highest BCUT2D eigenvalue weighted by molar-refractivity contribution is 9.10. The van der Waals surface area contributed by atoms with Crippen molar-refractivity contribution in [3.8, 4) is 0 Å². The maximum Gasteiger partial charge on any atom is 0.258 e. The van der Waals surface area contributed by atoms with Crippen molar-refractivity contribution in [3.05, 3.63) is 76.3 Å². The summed E-state index contributed by atoms with van der Waals surface area (Å²) in [5, 5.41) is 11.4. The van der Waals surface area contributed by atoms with Gasteiger partial charge in [-0.3, -0.25) is 10.1 Å². The number of hydrogen-bond donors (Lipinski definition) is 1. The summed E-state index contributed by atoms with van der Waals surface area (Å²) in [4.78, 5) is 12.2. The van der Waals surface area contributed by atoms with E-state index in [9.17, 15) is 4.79 Å². The van der Waals surface area contributed by atoms with Gasteiger partial charge in [0.05, 0.1) is 5.56 Å². The van der Waals surface area contributed by atoms with E-state index in [0.29, 0.717) is 10.7 Å². The lowest BCUT2D eigenvalue weighted by Crippen LogP contribution is -2.12. The molecule has 3 aromatic rings. The molecule has 2 aromatic carbocycles. The van der Waals surface area contributed by atoms with Crippen molar-refractivity contribution in [2.45, 2.75) is 4.34 Å². The Kier molecular flexibility index (Phi) is 6.38. The van der Waals surface area contributed by atoms with Crippen LogP contribution in [0.3, 0.4) is 0 Å². The molecule has 0 aliphatic heterocycles. The number of amides is 1. The highest BCUT2D eigenvalue weighted by atomic mass is 79.9. The number of carbonyl (C=O) groups is 1. The summed E-state index contributed by atoms with van der Waals surface area (Å²) < 4.78 is 1.57. The first-order valence-corrected chi connectivity index (χ1v) is 10.1. The summed E-state index contributed by atoms with van der Waals surface area (Å²) >= 11 is 6.32. The summed E-state index contributed by atoms with van der Waals surface area (Å²) in [5.74, 6) is 0.589. The first-order valence-electron chi connectivity index (χ1n) is 7.46. The third kappa shape index (κ3) is 5.26. The summed E-state index contributed by atoms with van der Waals surface area (Å²) in [6.07, 6.45) is 4.16. The predicted octanol–water partition coefficient (Wildman–Crippen LogP) is 5.36. The number of rotatable bonds is 6. The van der Waals surface area contributed by atoms with Crippen LogP contribution in [0.15, 0.2) is 69.5 Å². The van der Waals surface area contributed by atoms with Gasteiger partial charge < -0.3 is 0 Å². The molecule has 25 heavy (non-hydrogen) atoms. The molecule has 0 aliphatic carbocycles. The average molecular weight is 432 g/mol. The van der Waals surface area contributed by atoms with E-state index in [1.165, 1.54) is 16.9 Å². The molecule has 0 bridgehead atoms. The van der Waals surface area contributed by atoms with Crippen LogP contribution < -0.4 is 5.32 Å². The Morgan fingerprint density at radius 1 is 1.12 bits per heavy atom. The van der Waals surface area contributed by atoms with E-state index < -0.39 is 0 Å². The summed E-state index contributed by atoms with van der Waals surface area (Å²) in [5.41, 5.74) is 1.74. The number of nitrogens with zero attached hydrogens (tertiary/aromatic N) is 2. The molecule has 7 heteroatoms. The molecule has 1 amide bonds. The molecule has 0 unspecified atom stereocenters. The van der Waals surface area contributed by atoms with Gasteiger partial charge in [-0.05, 0) is 33.6 Å². The second-order valence-electron chi connectivity index (χ2n) is 4.93. The number of anilines is 1. The minimum absolute atomic E-state index is 0.204. The van der Waals surface area contributed by atoms with Gasteiger partial charge in [-0.25, -0.2) is 0 Å². The molecule has 0 spiro atoms. The Balaban J connectivity index is 1.53. The maximum absolute atomic E-state index is 12.2. The molecule has 0 saturated heterocycles. The normalized spacial score (nSPS) is 10.9. The molecular formula is C18H14BrN3OS2. The zero-order chi connectivity index (χ0) is 17.5. The zero-order valence-corrected chi connectivity index (χ0v) is 16.3. The number of hydrogen-bond acceptors (Lipinski definition) is 5. The first kappa shape index (κ1) is 17.8. The van der Waals surface area contributed by atoms with Crippen molar-refractivity contribution >= 4 is 56.1 Å². The van der Waals surface area contributed by atoms with Crippen LogP contribution in [-0.2, 0) is 0 Å². The van der Waals surface area contributed by atoms with Crippen LogP contribution in [-0.4, -0.2) is 21.9 Å². The lowest BCUT2D eigenvalue weighted by Gasteiger charge is -2.02. The highest BCUT2D eigenvalue weighted by Gasteiger charge is 2.12. The monoisotopic (exact) mass is 431 g/mol.